The van der Waals surface area contributed by atoms with Crippen LogP contribution in [-0.2, 0) is 15.2 Å². The van der Waals surface area contributed by atoms with Crippen molar-refractivity contribution in [1.82, 2.24) is 0 Å². The summed E-state index contributed by atoms with van der Waals surface area (Å²) in [6, 6.07) is 3.11. The molecule has 1 aliphatic rings. The van der Waals surface area contributed by atoms with Crippen LogP contribution >= 0.6 is 23.2 Å². The minimum absolute atomic E-state index is 0.239. The molecule has 120 valence electrons. The van der Waals surface area contributed by atoms with Crippen molar-refractivity contribution < 1.29 is 14.7 Å². The van der Waals surface area contributed by atoms with E-state index in [9.17, 15) is 14.7 Å². The van der Waals surface area contributed by atoms with Crippen LogP contribution in [0.4, 0.5) is 5.69 Å². The Kier molecular flexibility index (Phi) is 5.15. The second kappa shape index (κ2) is 6.57. The summed E-state index contributed by atoms with van der Waals surface area (Å²) in [7, 11) is 0. The quantitative estimate of drug-likeness (QED) is 0.801. The van der Waals surface area contributed by atoms with Crippen LogP contribution in [0.3, 0.4) is 0 Å². The van der Waals surface area contributed by atoms with Crippen LogP contribution in [0.5, 0.6) is 0 Å². The lowest BCUT2D eigenvalue weighted by Crippen LogP contribution is -2.42. The van der Waals surface area contributed by atoms with Crippen molar-refractivity contribution in [2.75, 3.05) is 11.4 Å². The molecule has 0 spiro atoms. The lowest BCUT2D eigenvalue weighted by molar-refractivity contribution is -0.141. The summed E-state index contributed by atoms with van der Waals surface area (Å²) in [5.74, 6) is -0.763. The molecule has 2 rings (SSSR count). The minimum atomic E-state index is -1.85. The number of rotatable bonds is 6. The molecule has 4 nitrogen and oxygen atoms in total. The Morgan fingerprint density at radius 1 is 1.32 bits per heavy atom. The van der Waals surface area contributed by atoms with Crippen LogP contribution in [0.25, 0.3) is 0 Å². The number of carbonyl (C=O) groups excluding carboxylic acids is 2. The molecule has 1 aromatic rings. The molecule has 0 aromatic heterocycles. The number of aliphatic hydroxyl groups is 1. The lowest BCUT2D eigenvalue weighted by atomic mass is 9.90. The topological polar surface area (TPSA) is 57.6 Å². The fourth-order valence-electron chi connectivity index (χ4n) is 2.84. The largest absolute Gasteiger partial charge is 0.375 e. The van der Waals surface area contributed by atoms with Gasteiger partial charge in [-0.2, -0.15) is 0 Å². The molecule has 1 N–H and O–H groups in total. The summed E-state index contributed by atoms with van der Waals surface area (Å²) >= 11 is 12.3. The van der Waals surface area contributed by atoms with Gasteiger partial charge in [-0.25, -0.2) is 0 Å². The van der Waals surface area contributed by atoms with Crippen molar-refractivity contribution in [2.45, 2.75) is 45.1 Å². The Morgan fingerprint density at radius 3 is 2.59 bits per heavy atom. The van der Waals surface area contributed by atoms with E-state index >= 15 is 0 Å². The van der Waals surface area contributed by atoms with Crippen LogP contribution < -0.4 is 4.90 Å². The molecule has 1 atom stereocenters. The normalized spacial score (nSPS) is 20.4. The van der Waals surface area contributed by atoms with Gasteiger partial charge in [0.25, 0.3) is 5.91 Å². The first kappa shape index (κ1) is 17.3. The van der Waals surface area contributed by atoms with E-state index in [1.165, 1.54) is 17.9 Å². The highest BCUT2D eigenvalue weighted by Crippen LogP contribution is 2.48. The zero-order valence-corrected chi connectivity index (χ0v) is 14.2. The van der Waals surface area contributed by atoms with Crippen molar-refractivity contribution in [3.8, 4) is 0 Å². The third-order valence-electron chi connectivity index (χ3n) is 3.87. The first-order chi connectivity index (χ1) is 10.3. The molecule has 1 amide bonds. The van der Waals surface area contributed by atoms with Gasteiger partial charge in [-0.3, -0.25) is 9.59 Å². The summed E-state index contributed by atoms with van der Waals surface area (Å²) in [6.45, 7) is 3.86. The highest BCUT2D eigenvalue weighted by atomic mass is 35.5. The van der Waals surface area contributed by atoms with Crippen LogP contribution in [0, 0.1) is 0 Å². The molecule has 0 bridgehead atoms. The monoisotopic (exact) mass is 343 g/mol. The predicted molar refractivity (Wildman–Crippen MR) is 87.5 cm³/mol. The maximum Gasteiger partial charge on any atom is 0.264 e. The van der Waals surface area contributed by atoms with E-state index in [0.29, 0.717) is 22.8 Å². The molecule has 0 fully saturated rings. The van der Waals surface area contributed by atoms with Crippen LogP contribution in [0.1, 0.15) is 45.1 Å². The molecule has 1 heterocycles. The maximum atomic E-state index is 12.7. The van der Waals surface area contributed by atoms with E-state index in [1.54, 1.807) is 6.07 Å². The molecule has 6 heteroatoms. The number of hydrogen-bond donors (Lipinski definition) is 1. The van der Waals surface area contributed by atoms with Crippen LogP contribution in [0.2, 0.25) is 10.0 Å². The van der Waals surface area contributed by atoms with Crippen molar-refractivity contribution in [3.63, 3.8) is 0 Å². The maximum absolute atomic E-state index is 12.7. The second-order valence-corrected chi connectivity index (χ2v) is 6.45. The van der Waals surface area contributed by atoms with Gasteiger partial charge in [-0.1, -0.05) is 49.0 Å². The van der Waals surface area contributed by atoms with Gasteiger partial charge in [0, 0.05) is 18.5 Å². The molecule has 1 aliphatic heterocycles. The molecular weight excluding hydrogens is 325 g/mol. The molecule has 0 saturated heterocycles. The molecule has 1 aromatic carbocycles. The van der Waals surface area contributed by atoms with Crippen molar-refractivity contribution >= 4 is 40.6 Å². The number of nitrogens with zero attached hydrogens (tertiary/aromatic N) is 1. The number of hydrogen-bond acceptors (Lipinski definition) is 3. The van der Waals surface area contributed by atoms with Gasteiger partial charge in [0.05, 0.1) is 15.7 Å². The molecular formula is C16H19Cl2NO3. The number of halogens is 2. The second-order valence-electron chi connectivity index (χ2n) is 5.66. The molecule has 0 radical (unpaired) electrons. The molecule has 0 aliphatic carbocycles. The number of Topliss-reactive ketones (excluding diaryl/α,β-unsaturated/α-hetero) is 1. The average Bonchev–Trinajstić information content (AvgIpc) is 2.64. The van der Waals surface area contributed by atoms with E-state index in [-0.39, 0.29) is 17.2 Å². The highest BCUT2D eigenvalue weighted by molar-refractivity contribution is 6.44. The van der Waals surface area contributed by atoms with E-state index in [0.717, 1.165) is 19.3 Å². The summed E-state index contributed by atoms with van der Waals surface area (Å²) in [4.78, 5) is 25.6. The third kappa shape index (κ3) is 2.87. The molecule has 0 saturated carbocycles. The Hall–Kier alpha value is -1.10. The first-order valence-electron chi connectivity index (χ1n) is 7.35. The number of amides is 1. The SMILES string of the molecule is CCCCCN1C(=O)C(O)(CC(C)=O)c2ccc(Cl)c(Cl)c21. The molecule has 1 unspecified atom stereocenters. The van der Waals surface area contributed by atoms with Gasteiger partial charge in [0.15, 0.2) is 5.60 Å². The Bertz CT molecular complexity index is 618. The van der Waals surface area contributed by atoms with Gasteiger partial charge >= 0.3 is 0 Å². The Balaban J connectivity index is 2.50. The van der Waals surface area contributed by atoms with E-state index in [1.807, 2.05) is 0 Å². The number of fused-ring (bicyclic) bond motifs is 1. The number of ketones is 1. The lowest BCUT2D eigenvalue weighted by Gasteiger charge is -2.22. The van der Waals surface area contributed by atoms with Crippen LogP contribution in [-0.4, -0.2) is 23.3 Å². The smallest absolute Gasteiger partial charge is 0.264 e. The standard InChI is InChI=1S/C16H19Cl2NO3/c1-3-4-5-8-19-14-11(6-7-12(17)13(14)18)16(22,15(19)21)9-10(2)20/h6-7,22H,3-5,8-9H2,1-2H3. The van der Waals surface area contributed by atoms with Crippen LogP contribution in [0.15, 0.2) is 12.1 Å². The number of benzene rings is 1. The molecule has 22 heavy (non-hydrogen) atoms. The number of anilines is 1. The summed E-state index contributed by atoms with van der Waals surface area (Å²) in [5.41, 5.74) is -1.06. The van der Waals surface area contributed by atoms with Crippen molar-refractivity contribution in [2.24, 2.45) is 0 Å². The zero-order valence-electron chi connectivity index (χ0n) is 12.7. The van der Waals surface area contributed by atoms with E-state index < -0.39 is 11.5 Å². The van der Waals surface area contributed by atoms with E-state index in [4.69, 9.17) is 23.2 Å². The number of unbranched alkanes of at least 4 members (excludes halogenated alkanes) is 2. The Morgan fingerprint density at radius 2 is 2.00 bits per heavy atom. The Labute approximate surface area is 140 Å². The van der Waals surface area contributed by atoms with E-state index in [2.05, 4.69) is 6.92 Å². The number of carbonyl (C=O) groups is 2. The first-order valence-corrected chi connectivity index (χ1v) is 8.10. The van der Waals surface area contributed by atoms with Crippen molar-refractivity contribution in [3.05, 3.63) is 27.7 Å². The van der Waals surface area contributed by atoms with Gasteiger partial charge in [0.2, 0.25) is 0 Å². The minimum Gasteiger partial charge on any atom is -0.375 e. The predicted octanol–water partition coefficient (Wildman–Crippen LogP) is 3.70. The summed E-state index contributed by atoms with van der Waals surface area (Å²) in [5, 5.41) is 11.4. The highest BCUT2D eigenvalue weighted by Gasteiger charge is 2.51. The third-order valence-corrected chi connectivity index (χ3v) is 4.67. The van der Waals surface area contributed by atoms with Gasteiger partial charge in [-0.15, -0.1) is 0 Å². The summed E-state index contributed by atoms with van der Waals surface area (Å²) < 4.78 is 0. The van der Waals surface area contributed by atoms with Gasteiger partial charge in [0.1, 0.15) is 5.78 Å². The van der Waals surface area contributed by atoms with Gasteiger partial charge in [-0.05, 0) is 19.4 Å². The van der Waals surface area contributed by atoms with Gasteiger partial charge < -0.3 is 10.0 Å². The fraction of sp³-hybridized carbons (Fsp3) is 0.500. The zero-order chi connectivity index (χ0) is 16.5. The van der Waals surface area contributed by atoms with Crippen molar-refractivity contribution in [1.29, 1.82) is 0 Å². The summed E-state index contributed by atoms with van der Waals surface area (Å²) in [6.07, 6.45) is 2.50. The fourth-order valence-corrected chi connectivity index (χ4v) is 3.26. The average molecular weight is 344 g/mol.